The Morgan fingerprint density at radius 2 is 2.00 bits per heavy atom. The third-order valence-corrected chi connectivity index (χ3v) is 8.55. The molecule has 36 heavy (non-hydrogen) atoms. The number of nitrogens with zero attached hydrogens (tertiary/aromatic N) is 3. The molecule has 0 aliphatic carbocycles. The van der Waals surface area contributed by atoms with Crippen LogP contribution in [0.3, 0.4) is 0 Å². The predicted molar refractivity (Wildman–Crippen MR) is 137 cm³/mol. The lowest BCUT2D eigenvalue weighted by Crippen LogP contribution is -2.39. The van der Waals surface area contributed by atoms with Crippen LogP contribution in [0.2, 0.25) is 0 Å². The molecule has 2 atom stereocenters. The number of ether oxygens (including phenoxy) is 1. The van der Waals surface area contributed by atoms with Gasteiger partial charge in [0.2, 0.25) is 5.91 Å². The summed E-state index contributed by atoms with van der Waals surface area (Å²) in [5.41, 5.74) is 3.13. The third kappa shape index (κ3) is 5.93. The van der Waals surface area contributed by atoms with E-state index in [0.717, 1.165) is 23.2 Å². The zero-order valence-corrected chi connectivity index (χ0v) is 21.2. The van der Waals surface area contributed by atoms with Gasteiger partial charge in [0, 0.05) is 33.7 Å². The fourth-order valence-corrected chi connectivity index (χ4v) is 6.04. The van der Waals surface area contributed by atoms with E-state index in [2.05, 4.69) is 4.90 Å². The van der Waals surface area contributed by atoms with E-state index in [-0.39, 0.29) is 24.1 Å². The van der Waals surface area contributed by atoms with Crippen molar-refractivity contribution in [3.05, 3.63) is 59.2 Å². The highest BCUT2D eigenvalue weighted by Crippen LogP contribution is 2.55. The minimum Gasteiger partial charge on any atom is -0.482 e. The molecule has 0 aromatic heterocycles. The van der Waals surface area contributed by atoms with Gasteiger partial charge in [-0.25, -0.2) is 4.79 Å². The smallest absolute Gasteiger partial charge is 0.341 e. The minimum atomic E-state index is -2.86. The van der Waals surface area contributed by atoms with Crippen molar-refractivity contribution in [2.24, 2.45) is 0 Å². The van der Waals surface area contributed by atoms with Crippen LogP contribution in [-0.4, -0.2) is 87.4 Å². The fraction of sp³-hybridized carbons (Fsp3) is 0.440. The van der Waals surface area contributed by atoms with E-state index in [1.54, 1.807) is 37.2 Å². The number of likely N-dealkylation sites (tertiary alicyclic amines) is 1. The molecular formula is C25H33N3O7S. The summed E-state index contributed by atoms with van der Waals surface area (Å²) in [6, 6.07) is 12.2. The second-order valence-corrected chi connectivity index (χ2v) is 11.5. The molecule has 2 heterocycles. The quantitative estimate of drug-likeness (QED) is 0.394. The van der Waals surface area contributed by atoms with Gasteiger partial charge in [0.1, 0.15) is 5.75 Å². The van der Waals surface area contributed by atoms with Crippen molar-refractivity contribution >= 4 is 28.3 Å². The van der Waals surface area contributed by atoms with Crippen molar-refractivity contribution in [3.63, 3.8) is 0 Å². The Labute approximate surface area is 212 Å². The average Bonchev–Trinajstić information content (AvgIpc) is 3.35. The maximum absolute atomic E-state index is 13.4. The summed E-state index contributed by atoms with van der Waals surface area (Å²) in [4.78, 5) is 28.1. The van der Waals surface area contributed by atoms with Gasteiger partial charge in [-0.2, -0.15) is 0 Å². The van der Waals surface area contributed by atoms with E-state index in [4.69, 9.17) is 9.84 Å². The molecule has 1 fully saturated rings. The minimum absolute atomic E-state index is 0.121. The van der Waals surface area contributed by atoms with Crippen LogP contribution in [-0.2, 0) is 21.8 Å². The number of amides is 1. The zero-order valence-electron chi connectivity index (χ0n) is 20.4. The molecule has 0 bridgehead atoms. The Kier molecular flexibility index (Phi) is 7.76. The molecule has 2 aromatic carbocycles. The Bertz CT molecular complexity index is 1130. The molecule has 10 nitrogen and oxygen atoms in total. The molecule has 0 spiro atoms. The van der Waals surface area contributed by atoms with Crippen molar-refractivity contribution in [2.45, 2.75) is 30.7 Å². The zero-order chi connectivity index (χ0) is 26.0. The van der Waals surface area contributed by atoms with Gasteiger partial charge in [-0.15, -0.1) is 10.8 Å². The number of fused-ring (bicyclic) bond motifs is 1. The lowest BCUT2D eigenvalue weighted by atomic mass is 10.0. The summed E-state index contributed by atoms with van der Waals surface area (Å²) in [5.74, 6) is -0.611. The third-order valence-electron chi connectivity index (χ3n) is 6.78. The number of anilines is 1. The van der Waals surface area contributed by atoms with Crippen LogP contribution in [0.15, 0.2) is 42.5 Å². The lowest BCUT2D eigenvalue weighted by molar-refractivity contribution is -0.139. The van der Waals surface area contributed by atoms with Crippen LogP contribution < -0.4 is 9.04 Å². The van der Waals surface area contributed by atoms with Gasteiger partial charge in [0.25, 0.3) is 0 Å². The largest absolute Gasteiger partial charge is 0.482 e. The highest BCUT2D eigenvalue weighted by atomic mass is 32.3. The summed E-state index contributed by atoms with van der Waals surface area (Å²) < 4.78 is 27.3. The molecule has 2 aromatic rings. The molecule has 1 saturated heterocycles. The predicted octanol–water partition coefficient (Wildman–Crippen LogP) is 2.57. The van der Waals surface area contributed by atoms with E-state index < -0.39 is 29.5 Å². The summed E-state index contributed by atoms with van der Waals surface area (Å²) in [6.45, 7) is 1.30. The Morgan fingerprint density at radius 1 is 1.22 bits per heavy atom. The average molecular weight is 520 g/mol. The van der Waals surface area contributed by atoms with Gasteiger partial charge in [-0.05, 0) is 41.3 Å². The molecule has 1 unspecified atom stereocenters. The number of carboxylic acids is 1. The fourth-order valence-electron chi connectivity index (χ4n) is 4.70. The van der Waals surface area contributed by atoms with Gasteiger partial charge < -0.3 is 19.8 Å². The molecule has 1 amide bonds. The first-order valence-electron chi connectivity index (χ1n) is 11.8. The number of likely N-dealkylation sites (N-methyl/N-ethyl adjacent to an activating group) is 1. The standard InChI is InChI=1S/C25H33N3O7S/c1-26(24(30)11-17-6-7-19-16-36(33,34)27(2)22(19)10-17)23(14-28-9-8-20(29)13-28)18-4-3-5-21(12-18)35-15-25(31)32/h3-7,10,12,20,23,29,33-34H,8-9,11,13-16H2,1-2H3,(H,31,32)/t20?,23-/m1/s1. The first kappa shape index (κ1) is 26.2. The number of carbonyl (C=O) groups is 2. The number of hydrogen-bond acceptors (Lipinski definition) is 8. The van der Waals surface area contributed by atoms with Gasteiger partial charge >= 0.3 is 5.97 Å². The van der Waals surface area contributed by atoms with Gasteiger partial charge in [0.05, 0.1) is 30.0 Å². The van der Waals surface area contributed by atoms with Crippen molar-refractivity contribution in [3.8, 4) is 5.75 Å². The number of hydrogen-bond donors (Lipinski definition) is 4. The molecular weight excluding hydrogens is 486 g/mol. The van der Waals surface area contributed by atoms with Crippen molar-refractivity contribution in [1.29, 1.82) is 0 Å². The monoisotopic (exact) mass is 519 g/mol. The van der Waals surface area contributed by atoms with Crippen LogP contribution in [0.5, 0.6) is 5.75 Å². The van der Waals surface area contributed by atoms with Crippen molar-refractivity contribution < 1.29 is 33.6 Å². The van der Waals surface area contributed by atoms with E-state index in [1.165, 1.54) is 4.31 Å². The van der Waals surface area contributed by atoms with Crippen LogP contribution in [0, 0.1) is 0 Å². The summed E-state index contributed by atoms with van der Waals surface area (Å²) in [6.07, 6.45) is 0.409. The van der Waals surface area contributed by atoms with E-state index in [0.29, 0.717) is 30.9 Å². The lowest BCUT2D eigenvalue weighted by Gasteiger charge is -2.35. The van der Waals surface area contributed by atoms with Crippen molar-refractivity contribution in [2.75, 3.05) is 44.6 Å². The molecule has 4 N–H and O–H groups in total. The Morgan fingerprint density at radius 3 is 2.69 bits per heavy atom. The first-order valence-corrected chi connectivity index (χ1v) is 13.4. The highest BCUT2D eigenvalue weighted by Gasteiger charge is 2.32. The second-order valence-electron chi connectivity index (χ2n) is 9.39. The molecule has 196 valence electrons. The van der Waals surface area contributed by atoms with Gasteiger partial charge in [-0.1, -0.05) is 24.3 Å². The van der Waals surface area contributed by atoms with Crippen LogP contribution >= 0.6 is 10.8 Å². The summed E-state index contributed by atoms with van der Waals surface area (Å²) in [5, 5.41) is 18.9. The van der Waals surface area contributed by atoms with Crippen LogP contribution in [0.25, 0.3) is 0 Å². The van der Waals surface area contributed by atoms with E-state index >= 15 is 0 Å². The normalized spacial score (nSPS) is 20.6. The number of carboxylic acid groups (broad SMARTS) is 1. The number of carbonyl (C=O) groups excluding carboxylic acids is 1. The topological polar surface area (TPSA) is 134 Å². The number of aliphatic hydroxyl groups is 1. The number of rotatable bonds is 9. The first-order chi connectivity index (χ1) is 17.0. The Hall–Kier alpha value is -2.83. The molecule has 2 aliphatic rings. The summed E-state index contributed by atoms with van der Waals surface area (Å²) in [7, 11) is 0.510. The van der Waals surface area contributed by atoms with E-state index in [9.17, 15) is 23.8 Å². The molecule has 4 rings (SSSR count). The van der Waals surface area contributed by atoms with E-state index in [1.807, 2.05) is 24.3 Å². The van der Waals surface area contributed by atoms with Gasteiger partial charge in [0.15, 0.2) is 6.61 Å². The van der Waals surface area contributed by atoms with Crippen LogP contribution in [0.4, 0.5) is 5.69 Å². The maximum atomic E-state index is 13.4. The number of aliphatic hydroxyl groups excluding tert-OH is 1. The SMILES string of the molecule is CN(C(=O)Cc1ccc2c(c1)N(C)S(O)(O)C2)[C@H](CN1CCC(O)C1)c1cccc(OCC(=O)O)c1. The second kappa shape index (κ2) is 10.7. The molecule has 0 radical (unpaired) electrons. The number of β-amino-alcohol motifs (C(OH)–C–C–N with tert-alkyl or cyclic N) is 1. The summed E-state index contributed by atoms with van der Waals surface area (Å²) >= 11 is 0. The number of benzene rings is 2. The molecule has 0 saturated carbocycles. The van der Waals surface area contributed by atoms with Crippen molar-refractivity contribution in [1.82, 2.24) is 9.80 Å². The molecule has 2 aliphatic heterocycles. The number of aliphatic carboxylic acids is 1. The van der Waals surface area contributed by atoms with Gasteiger partial charge in [-0.3, -0.25) is 23.1 Å². The highest BCUT2D eigenvalue weighted by molar-refractivity contribution is 8.25. The maximum Gasteiger partial charge on any atom is 0.341 e. The molecule has 11 heteroatoms. The Balaban J connectivity index is 1.54. The van der Waals surface area contributed by atoms with Crippen LogP contribution in [0.1, 0.15) is 29.2 Å².